The zero-order chi connectivity index (χ0) is 55.4. The largest absolute Gasteiger partial charge is 0.456 e. The van der Waals surface area contributed by atoms with Crippen molar-refractivity contribution in [3.05, 3.63) is 76.9 Å². The number of ketones is 1. The molecule has 2 unspecified atom stereocenters. The van der Waals surface area contributed by atoms with Crippen LogP contribution in [0.2, 0.25) is 0 Å². The van der Waals surface area contributed by atoms with Crippen LogP contribution in [0.5, 0.6) is 0 Å². The van der Waals surface area contributed by atoms with Gasteiger partial charge in [0.05, 0.1) is 48.7 Å². The van der Waals surface area contributed by atoms with E-state index in [4.69, 9.17) is 18.9 Å². The number of carbonyl (C=O) groups is 9. The Morgan fingerprint density at radius 1 is 0.882 bits per heavy atom. The summed E-state index contributed by atoms with van der Waals surface area (Å²) in [6.45, 7) is 8.72. The van der Waals surface area contributed by atoms with Crippen molar-refractivity contribution in [2.75, 3.05) is 31.6 Å². The van der Waals surface area contributed by atoms with Gasteiger partial charge in [-0.15, -0.1) is 0 Å². The molecule has 76 heavy (non-hydrogen) atoms. The van der Waals surface area contributed by atoms with Crippen LogP contribution in [0, 0.1) is 22.7 Å². The van der Waals surface area contributed by atoms with E-state index in [1.807, 2.05) is 0 Å². The predicted octanol–water partition coefficient (Wildman–Crippen LogP) is 0.234. The first-order chi connectivity index (χ1) is 35.8. The number of aliphatic hydroxyl groups is 4. The quantitative estimate of drug-likeness (QED) is 0.113. The van der Waals surface area contributed by atoms with Gasteiger partial charge in [-0.3, -0.25) is 28.8 Å². The van der Waals surface area contributed by atoms with Gasteiger partial charge in [-0.25, -0.2) is 14.4 Å². The molecular formula is C53H66N6O17. The van der Waals surface area contributed by atoms with Crippen LogP contribution in [0.4, 0.5) is 10.5 Å². The number of urea groups is 1. The number of amides is 6. The van der Waals surface area contributed by atoms with Gasteiger partial charge in [0.1, 0.15) is 42.1 Å². The van der Waals surface area contributed by atoms with Crippen molar-refractivity contribution in [2.24, 2.45) is 22.7 Å². The van der Waals surface area contributed by atoms with E-state index in [9.17, 15) is 58.8 Å². The topological polar surface area (TPSA) is 335 Å². The lowest BCUT2D eigenvalue weighted by molar-refractivity contribution is -0.346. The maximum absolute atomic E-state index is 15.3. The minimum atomic E-state index is -2.54. The van der Waals surface area contributed by atoms with Gasteiger partial charge in [-0.05, 0) is 67.5 Å². The number of hydrogen-bond donors (Lipinski definition) is 9. The molecule has 2 saturated heterocycles. The van der Waals surface area contributed by atoms with Crippen molar-refractivity contribution in [3.8, 4) is 0 Å². The summed E-state index contributed by atoms with van der Waals surface area (Å²) in [6, 6.07) is 8.36. The molecule has 0 aromatic heterocycles. The average Bonchev–Trinajstić information content (AvgIpc) is 3.89. The van der Waals surface area contributed by atoms with Gasteiger partial charge < -0.3 is 70.9 Å². The second kappa shape index (κ2) is 21.0. The molecule has 4 fully saturated rings. The van der Waals surface area contributed by atoms with Gasteiger partial charge in [-0.2, -0.15) is 0 Å². The fraction of sp³-hybridized carbons (Fsp3) is 0.566. The minimum Gasteiger partial charge on any atom is -0.456 e. The number of nitrogens with zero attached hydrogens (tertiary/aromatic N) is 1. The molecule has 5 bridgehead atoms. The van der Waals surface area contributed by atoms with Crippen LogP contribution in [-0.2, 0) is 52.5 Å². The zero-order valence-electron chi connectivity index (χ0n) is 43.2. The summed E-state index contributed by atoms with van der Waals surface area (Å²) in [5.41, 5.74) is -8.46. The minimum absolute atomic E-state index is 0.0427. The smallest absolute Gasteiger partial charge is 0.338 e. The molecule has 2 aromatic carbocycles. The van der Waals surface area contributed by atoms with E-state index >= 15 is 4.79 Å². The number of hydrogen-bond acceptors (Lipinski definition) is 17. The third-order valence-electron chi connectivity index (χ3n) is 16.5. The lowest BCUT2D eigenvalue weighted by Gasteiger charge is -2.67. The van der Waals surface area contributed by atoms with Crippen molar-refractivity contribution >= 4 is 59.0 Å². The Labute approximate surface area is 437 Å². The number of ether oxygens (including phenoxy) is 4. The summed E-state index contributed by atoms with van der Waals surface area (Å²) in [6.07, 6.45) is -11.1. The molecule has 0 spiro atoms. The number of anilines is 1. The summed E-state index contributed by atoms with van der Waals surface area (Å²) in [7, 11) is 0. The highest BCUT2D eigenvalue weighted by molar-refractivity contribution is 5.98. The number of benzene rings is 2. The first kappa shape index (κ1) is 55.4. The standard InChI is InChI=1S/C53H66N6O17/c1-25(2)38-46(68)59-18-12-17-31(59)45(67)55-22-35(62)54-23-36(63)56-30-16-11-15-29(19-30)47(69)75-44-42-51(7,33(61)20-34-52(42,24-73-34)76-27(4)60)43(66)40(64)37-26(3)32(21-53(44,72)50(37,5)6)74-48(70)41(65)39(58-49(71)57-38)28-13-9-8-10-14-28/h8-11,13-16,19,25,31-34,38-42,44,61,64-65,72H,12,17-18,20-24H2,1-7H3,(H,54,62)(H,55,67)(H,56,63)(H2,57,58,71)/t31-,32-,33-,34?,38-,39-,40+,41+,42?,44-,51+,52-,53+/m0/s1. The van der Waals surface area contributed by atoms with Gasteiger partial charge in [0, 0.05) is 37.4 Å². The molecule has 0 radical (unpaired) electrons. The number of Topliss-reactive ketones (excluding diaryl/α,β-unsaturated/α-hetero) is 1. The molecule has 6 amide bonds. The van der Waals surface area contributed by atoms with Crippen LogP contribution in [0.3, 0.4) is 0 Å². The second-order valence-corrected chi connectivity index (χ2v) is 21.7. The molecule has 13 atom stereocenters. The highest BCUT2D eigenvalue weighted by atomic mass is 16.6. The Bertz CT molecular complexity index is 2730. The van der Waals surface area contributed by atoms with Crippen LogP contribution >= 0.6 is 0 Å². The molecule has 9 N–H and O–H groups in total. The van der Waals surface area contributed by atoms with E-state index in [1.165, 1.54) is 69.0 Å². The summed E-state index contributed by atoms with van der Waals surface area (Å²) in [5.74, 6) is -9.42. The van der Waals surface area contributed by atoms with E-state index in [0.717, 1.165) is 6.92 Å². The van der Waals surface area contributed by atoms with E-state index in [-0.39, 0.29) is 47.3 Å². The lowest BCUT2D eigenvalue weighted by atomic mass is 9.44. The molecule has 3 aliphatic carbocycles. The summed E-state index contributed by atoms with van der Waals surface area (Å²) < 4.78 is 24.4. The normalized spacial score (nSPS) is 35.6. The van der Waals surface area contributed by atoms with Gasteiger partial charge in [0.2, 0.25) is 23.6 Å². The van der Waals surface area contributed by atoms with Crippen molar-refractivity contribution in [2.45, 2.75) is 140 Å². The van der Waals surface area contributed by atoms with E-state index < -0.39 is 168 Å². The molecule has 3 aliphatic heterocycles. The fourth-order valence-electron chi connectivity index (χ4n) is 12.3. The SMILES string of the molecule is CC(=O)O[C@@]12COC1C[C@H](O)[C@@]1(C)C(=O)[C@H](O)C3=C(C)[C@@H]4C[C@@](O)([C@@H](OC(=O)c5cccc(c5)NC(=O)CNC(=O)CNC(=O)[C@@H]5CCCN5C(=O)[C@H](C(C)C)NC(=O)N[C@@H](c5ccccc5)[C@@H](O)C(=O)O4)C21)C3(C)C. The van der Waals surface area contributed by atoms with E-state index in [0.29, 0.717) is 6.42 Å². The molecule has 23 nitrogen and oxygen atoms in total. The van der Waals surface area contributed by atoms with Gasteiger partial charge in [0.25, 0.3) is 0 Å². The third kappa shape index (κ3) is 9.71. The number of fused-ring (bicyclic) bond motifs is 9. The number of rotatable bonds is 3. The fourth-order valence-corrected chi connectivity index (χ4v) is 12.3. The zero-order valence-corrected chi connectivity index (χ0v) is 43.2. The average molecular weight is 1060 g/mol. The van der Waals surface area contributed by atoms with Gasteiger partial charge >= 0.3 is 23.9 Å². The van der Waals surface area contributed by atoms with Crippen LogP contribution in [-0.4, -0.2) is 165 Å². The van der Waals surface area contributed by atoms with Gasteiger partial charge in [0.15, 0.2) is 17.5 Å². The molecule has 410 valence electrons. The lowest BCUT2D eigenvalue weighted by Crippen LogP contribution is -2.81. The van der Waals surface area contributed by atoms with Gasteiger partial charge in [-0.1, -0.05) is 64.1 Å². The maximum Gasteiger partial charge on any atom is 0.338 e. The Balaban J connectivity index is 1.25. The van der Waals surface area contributed by atoms with Crippen molar-refractivity contribution in [1.29, 1.82) is 0 Å². The third-order valence-corrected chi connectivity index (χ3v) is 16.5. The molecule has 8 rings (SSSR count). The molecule has 3 heterocycles. The predicted molar refractivity (Wildman–Crippen MR) is 264 cm³/mol. The van der Waals surface area contributed by atoms with Crippen molar-refractivity contribution in [1.82, 2.24) is 26.2 Å². The van der Waals surface area contributed by atoms with E-state index in [2.05, 4.69) is 26.6 Å². The summed E-state index contributed by atoms with van der Waals surface area (Å²) >= 11 is 0. The number of carbonyl (C=O) groups excluding carboxylic acids is 9. The molecule has 2 saturated carbocycles. The van der Waals surface area contributed by atoms with E-state index in [1.54, 1.807) is 32.0 Å². The van der Waals surface area contributed by atoms with Crippen molar-refractivity contribution in [3.63, 3.8) is 0 Å². The number of esters is 3. The number of aliphatic hydroxyl groups excluding tert-OH is 3. The molecule has 23 heteroatoms. The molecule has 2 aromatic rings. The first-order valence-corrected chi connectivity index (χ1v) is 25.4. The Kier molecular flexibility index (Phi) is 15.3. The van der Waals surface area contributed by atoms with Crippen molar-refractivity contribution < 1.29 is 82.5 Å². The monoisotopic (exact) mass is 1060 g/mol. The highest BCUT2D eigenvalue weighted by Gasteiger charge is 2.78. The van der Waals surface area contributed by atoms with Crippen LogP contribution < -0.4 is 26.6 Å². The number of nitrogens with one attached hydrogen (secondary N) is 5. The first-order valence-electron chi connectivity index (χ1n) is 25.4. The van der Waals surface area contributed by atoms with Crippen LogP contribution in [0.1, 0.15) is 96.1 Å². The highest BCUT2D eigenvalue weighted by Crippen LogP contribution is 2.64. The second-order valence-electron chi connectivity index (χ2n) is 21.7. The van der Waals surface area contributed by atoms with Crippen LogP contribution in [0.25, 0.3) is 0 Å². The summed E-state index contributed by atoms with van der Waals surface area (Å²) in [4.78, 5) is 127. The Morgan fingerprint density at radius 3 is 2.24 bits per heavy atom. The molecular weight excluding hydrogens is 993 g/mol. The molecule has 6 aliphatic rings. The van der Waals surface area contributed by atoms with Crippen LogP contribution in [0.15, 0.2) is 65.7 Å². The Morgan fingerprint density at radius 2 is 1.58 bits per heavy atom. The maximum atomic E-state index is 15.3. The Hall–Kier alpha value is -6.79. The summed E-state index contributed by atoms with van der Waals surface area (Å²) in [5, 5.41) is 63.0.